The Labute approximate surface area is 88.9 Å². The van der Waals surface area contributed by atoms with E-state index in [0.717, 1.165) is 5.52 Å². The monoisotopic (exact) mass is 201 g/mol. The normalized spacial score (nSPS) is 16.9. The van der Waals surface area contributed by atoms with E-state index in [9.17, 15) is 0 Å². The summed E-state index contributed by atoms with van der Waals surface area (Å²) in [6, 6.07) is 6.89. The molecule has 1 fully saturated rings. The van der Waals surface area contributed by atoms with Crippen LogP contribution in [0.5, 0.6) is 0 Å². The Morgan fingerprint density at radius 3 is 2.87 bits per heavy atom. The first-order valence-electron chi connectivity index (χ1n) is 5.50. The molecule has 0 spiro atoms. The molecule has 0 aliphatic heterocycles. The second-order valence-electron chi connectivity index (χ2n) is 4.42. The van der Waals surface area contributed by atoms with E-state index in [1.807, 2.05) is 0 Å². The maximum atomic E-state index is 5.97. The van der Waals surface area contributed by atoms with Crippen LogP contribution in [0.15, 0.2) is 18.2 Å². The number of fused-ring (bicyclic) bond motifs is 1. The Hall–Kier alpha value is -1.51. The average molecular weight is 201 g/mol. The van der Waals surface area contributed by atoms with Crippen LogP contribution in [0.2, 0.25) is 0 Å². The fourth-order valence-electron chi connectivity index (χ4n) is 2.25. The van der Waals surface area contributed by atoms with E-state index in [0.29, 0.717) is 12.0 Å². The van der Waals surface area contributed by atoms with Gasteiger partial charge in [0.2, 0.25) is 5.95 Å². The zero-order valence-electron chi connectivity index (χ0n) is 8.90. The lowest BCUT2D eigenvalue weighted by Crippen LogP contribution is -2.18. The van der Waals surface area contributed by atoms with Crippen molar-refractivity contribution < 1.29 is 0 Å². The van der Waals surface area contributed by atoms with Crippen LogP contribution in [0.25, 0.3) is 11.0 Å². The maximum Gasteiger partial charge on any atom is 0.201 e. The fraction of sp³-hybridized carbons (Fsp3) is 0.417. The predicted molar refractivity (Wildman–Crippen MR) is 61.8 cm³/mol. The van der Waals surface area contributed by atoms with Crippen molar-refractivity contribution in [2.75, 3.05) is 5.73 Å². The highest BCUT2D eigenvalue weighted by atomic mass is 15.2. The first kappa shape index (κ1) is 8.77. The zero-order chi connectivity index (χ0) is 10.4. The lowest BCUT2D eigenvalue weighted by molar-refractivity contribution is 0.324. The van der Waals surface area contributed by atoms with Crippen molar-refractivity contribution in [3.8, 4) is 0 Å². The summed E-state index contributed by atoms with van der Waals surface area (Å²) in [5, 5.41) is 0. The second-order valence-corrected chi connectivity index (χ2v) is 4.42. The van der Waals surface area contributed by atoms with E-state index < -0.39 is 0 Å². The topological polar surface area (TPSA) is 43.8 Å². The van der Waals surface area contributed by atoms with Gasteiger partial charge in [0.25, 0.3) is 0 Å². The summed E-state index contributed by atoms with van der Waals surface area (Å²) in [7, 11) is 0. The van der Waals surface area contributed by atoms with Gasteiger partial charge in [0.1, 0.15) is 0 Å². The molecule has 3 heteroatoms. The molecule has 3 nitrogen and oxygen atoms in total. The highest BCUT2D eigenvalue weighted by molar-refractivity contribution is 5.79. The average Bonchev–Trinajstić information content (AvgIpc) is 2.42. The van der Waals surface area contributed by atoms with Gasteiger partial charge < -0.3 is 10.3 Å². The van der Waals surface area contributed by atoms with Crippen LogP contribution in [0.1, 0.15) is 30.9 Å². The molecule has 1 aromatic heterocycles. The number of nitrogens with two attached hydrogens (primary N) is 1. The number of aryl methyl sites for hydroxylation is 1. The lowest BCUT2D eigenvalue weighted by Gasteiger charge is -2.28. The molecule has 0 unspecified atom stereocenters. The van der Waals surface area contributed by atoms with Crippen molar-refractivity contribution in [1.29, 1.82) is 0 Å². The largest absolute Gasteiger partial charge is 0.369 e. The minimum Gasteiger partial charge on any atom is -0.369 e. The van der Waals surface area contributed by atoms with E-state index >= 15 is 0 Å². The van der Waals surface area contributed by atoms with Crippen LogP contribution in [0, 0.1) is 6.92 Å². The van der Waals surface area contributed by atoms with Gasteiger partial charge in [-0.1, -0.05) is 6.07 Å². The Morgan fingerprint density at radius 2 is 2.20 bits per heavy atom. The highest BCUT2D eigenvalue weighted by Crippen LogP contribution is 2.36. The van der Waals surface area contributed by atoms with E-state index in [2.05, 4.69) is 34.7 Å². The van der Waals surface area contributed by atoms with E-state index in [1.54, 1.807) is 0 Å². The molecule has 2 N–H and O–H groups in total. The van der Waals surface area contributed by atoms with Gasteiger partial charge in [0, 0.05) is 6.04 Å². The van der Waals surface area contributed by atoms with Crippen molar-refractivity contribution in [2.45, 2.75) is 32.2 Å². The van der Waals surface area contributed by atoms with Gasteiger partial charge in [0.15, 0.2) is 0 Å². The van der Waals surface area contributed by atoms with Gasteiger partial charge in [0.05, 0.1) is 11.0 Å². The third-order valence-electron chi connectivity index (χ3n) is 3.31. The van der Waals surface area contributed by atoms with Gasteiger partial charge in [-0.15, -0.1) is 0 Å². The minimum absolute atomic E-state index is 0.580. The number of imidazole rings is 1. The van der Waals surface area contributed by atoms with Crippen molar-refractivity contribution >= 4 is 17.0 Å². The standard InChI is InChI=1S/C12H15N3/c1-8-5-6-10-11(7-8)15(12(13)14-10)9-3-2-4-9/h5-7,9H,2-4H2,1H3,(H2,13,14). The van der Waals surface area contributed by atoms with Crippen molar-refractivity contribution in [3.05, 3.63) is 23.8 Å². The third kappa shape index (κ3) is 1.23. The third-order valence-corrected chi connectivity index (χ3v) is 3.31. The van der Waals surface area contributed by atoms with Gasteiger partial charge >= 0.3 is 0 Å². The number of rotatable bonds is 1. The molecule has 1 aliphatic carbocycles. The summed E-state index contributed by atoms with van der Waals surface area (Å²) >= 11 is 0. The molecule has 0 bridgehead atoms. The predicted octanol–water partition coefficient (Wildman–Crippen LogP) is 2.65. The Balaban J connectivity index is 2.25. The van der Waals surface area contributed by atoms with E-state index in [-0.39, 0.29) is 0 Å². The van der Waals surface area contributed by atoms with Gasteiger partial charge in [-0.05, 0) is 43.9 Å². The zero-order valence-corrected chi connectivity index (χ0v) is 8.90. The summed E-state index contributed by atoms with van der Waals surface area (Å²) in [5.41, 5.74) is 9.44. The molecule has 15 heavy (non-hydrogen) atoms. The molecule has 0 atom stereocenters. The number of anilines is 1. The quantitative estimate of drug-likeness (QED) is 0.770. The first-order chi connectivity index (χ1) is 7.25. The molecule has 1 aromatic carbocycles. The second kappa shape index (κ2) is 2.99. The summed E-state index contributed by atoms with van der Waals surface area (Å²) in [6.07, 6.45) is 3.79. The van der Waals surface area contributed by atoms with Crippen molar-refractivity contribution in [3.63, 3.8) is 0 Å². The summed E-state index contributed by atoms with van der Waals surface area (Å²) in [5.74, 6) is 0.667. The summed E-state index contributed by atoms with van der Waals surface area (Å²) in [6.45, 7) is 2.10. The lowest BCUT2D eigenvalue weighted by atomic mass is 9.92. The number of hydrogen-bond donors (Lipinski definition) is 1. The SMILES string of the molecule is Cc1ccc2nc(N)n(C3CCC3)c2c1. The molecular weight excluding hydrogens is 186 g/mol. The number of hydrogen-bond acceptors (Lipinski definition) is 2. The van der Waals surface area contributed by atoms with Crippen LogP contribution in [-0.4, -0.2) is 9.55 Å². The summed E-state index contributed by atoms with van der Waals surface area (Å²) < 4.78 is 2.20. The minimum atomic E-state index is 0.580. The first-order valence-corrected chi connectivity index (χ1v) is 5.50. The van der Waals surface area contributed by atoms with Crippen LogP contribution in [0.4, 0.5) is 5.95 Å². The molecule has 1 heterocycles. The molecule has 0 amide bonds. The van der Waals surface area contributed by atoms with Gasteiger partial charge in [-0.25, -0.2) is 4.98 Å². The number of benzene rings is 1. The molecule has 78 valence electrons. The molecule has 3 rings (SSSR count). The van der Waals surface area contributed by atoms with Crippen molar-refractivity contribution in [2.24, 2.45) is 0 Å². The Morgan fingerprint density at radius 1 is 1.40 bits per heavy atom. The molecule has 0 radical (unpaired) electrons. The van der Waals surface area contributed by atoms with Crippen LogP contribution >= 0.6 is 0 Å². The smallest absolute Gasteiger partial charge is 0.201 e. The fourth-order valence-corrected chi connectivity index (χ4v) is 2.25. The van der Waals surface area contributed by atoms with Gasteiger partial charge in [-0.3, -0.25) is 0 Å². The van der Waals surface area contributed by atoms with Crippen LogP contribution in [-0.2, 0) is 0 Å². The van der Waals surface area contributed by atoms with E-state index in [4.69, 9.17) is 5.73 Å². The highest BCUT2D eigenvalue weighted by Gasteiger charge is 2.23. The van der Waals surface area contributed by atoms with Gasteiger partial charge in [-0.2, -0.15) is 0 Å². The number of aromatic nitrogens is 2. The number of nitrogens with zero attached hydrogens (tertiary/aromatic N) is 2. The maximum absolute atomic E-state index is 5.97. The summed E-state index contributed by atoms with van der Waals surface area (Å²) in [4.78, 5) is 4.40. The molecular formula is C12H15N3. The van der Waals surface area contributed by atoms with E-state index in [1.165, 1.54) is 30.3 Å². The van der Waals surface area contributed by atoms with Crippen LogP contribution in [0.3, 0.4) is 0 Å². The molecule has 1 aliphatic rings. The van der Waals surface area contributed by atoms with Crippen LogP contribution < -0.4 is 5.73 Å². The molecule has 2 aromatic rings. The Kier molecular flexibility index (Phi) is 1.75. The number of nitrogen functional groups attached to an aromatic ring is 1. The molecule has 1 saturated carbocycles. The van der Waals surface area contributed by atoms with Crippen molar-refractivity contribution in [1.82, 2.24) is 9.55 Å². The molecule has 0 saturated heterocycles. The Bertz CT molecular complexity index is 509.